The molecule has 0 unspecified atom stereocenters. The van der Waals surface area contributed by atoms with Gasteiger partial charge in [0, 0.05) is 11.8 Å². The van der Waals surface area contributed by atoms with Crippen LogP contribution in [0.4, 0.5) is 5.69 Å². The molecule has 1 rings (SSSR count). The zero-order valence-electron chi connectivity index (χ0n) is 9.11. The lowest BCUT2D eigenvalue weighted by Gasteiger charge is -2.07. The number of anilines is 1. The van der Waals surface area contributed by atoms with E-state index >= 15 is 0 Å². The van der Waals surface area contributed by atoms with Gasteiger partial charge in [0.25, 0.3) is 0 Å². The predicted molar refractivity (Wildman–Crippen MR) is 58.7 cm³/mol. The van der Waals surface area contributed by atoms with Crippen molar-refractivity contribution in [2.75, 3.05) is 5.32 Å². The molecule has 4 nitrogen and oxygen atoms in total. The fourth-order valence-corrected chi connectivity index (χ4v) is 1.19. The van der Waals surface area contributed by atoms with Crippen molar-refractivity contribution >= 4 is 17.6 Å². The highest BCUT2D eigenvalue weighted by Crippen LogP contribution is 2.16. The second kappa shape index (κ2) is 5.11. The summed E-state index contributed by atoms with van der Waals surface area (Å²) in [5, 5.41) is 12.7. The van der Waals surface area contributed by atoms with E-state index in [0.717, 1.165) is 17.2 Å². The van der Waals surface area contributed by atoms with Crippen LogP contribution in [0, 0.1) is 13.8 Å². The minimum atomic E-state index is -1.39. The van der Waals surface area contributed by atoms with Crippen LogP contribution in [0.3, 0.4) is 0 Å². The summed E-state index contributed by atoms with van der Waals surface area (Å²) in [5.41, 5.74) is 2.61. The summed E-state index contributed by atoms with van der Waals surface area (Å²) in [6, 6.07) is 5.63. The summed E-state index contributed by atoms with van der Waals surface area (Å²) in [6.07, 6.45) is 1.62. The quantitative estimate of drug-likeness (QED) is 0.753. The van der Waals surface area contributed by atoms with Crippen LogP contribution in [0.15, 0.2) is 30.4 Å². The highest BCUT2D eigenvalue weighted by Gasteiger charge is 2.01. The molecule has 1 N–H and O–H groups in total. The molecule has 0 heterocycles. The average Bonchev–Trinajstić information content (AvgIpc) is 2.20. The SMILES string of the molecule is Cc1ccc(C)c(NC(=O)/C=C\C(=O)[O-])c1. The molecule has 0 bridgehead atoms. The van der Waals surface area contributed by atoms with Crippen LogP contribution in [0.5, 0.6) is 0 Å². The third kappa shape index (κ3) is 3.57. The fourth-order valence-electron chi connectivity index (χ4n) is 1.19. The third-order valence-electron chi connectivity index (χ3n) is 2.02. The normalized spacial score (nSPS) is 10.4. The second-order valence-electron chi connectivity index (χ2n) is 3.46. The molecule has 0 saturated carbocycles. The van der Waals surface area contributed by atoms with Gasteiger partial charge in [-0.05, 0) is 37.1 Å². The molecule has 0 saturated heterocycles. The van der Waals surface area contributed by atoms with Crippen LogP contribution in [-0.4, -0.2) is 11.9 Å². The zero-order valence-corrected chi connectivity index (χ0v) is 9.11. The van der Waals surface area contributed by atoms with Gasteiger partial charge in [-0.3, -0.25) is 4.79 Å². The van der Waals surface area contributed by atoms with E-state index in [4.69, 9.17) is 0 Å². The molecular weight excluding hydrogens is 206 g/mol. The van der Waals surface area contributed by atoms with Crippen LogP contribution in [-0.2, 0) is 9.59 Å². The number of carbonyl (C=O) groups is 2. The van der Waals surface area contributed by atoms with Crippen LogP contribution < -0.4 is 10.4 Å². The van der Waals surface area contributed by atoms with Gasteiger partial charge < -0.3 is 15.2 Å². The summed E-state index contributed by atoms with van der Waals surface area (Å²) >= 11 is 0. The maximum absolute atomic E-state index is 11.3. The van der Waals surface area contributed by atoms with Gasteiger partial charge >= 0.3 is 0 Å². The van der Waals surface area contributed by atoms with Crippen molar-refractivity contribution in [1.29, 1.82) is 0 Å². The van der Waals surface area contributed by atoms with E-state index in [0.29, 0.717) is 11.8 Å². The summed E-state index contributed by atoms with van der Waals surface area (Å²) in [7, 11) is 0. The lowest BCUT2D eigenvalue weighted by Crippen LogP contribution is -2.20. The van der Waals surface area contributed by atoms with Crippen molar-refractivity contribution in [2.24, 2.45) is 0 Å². The zero-order chi connectivity index (χ0) is 12.1. The van der Waals surface area contributed by atoms with E-state index in [2.05, 4.69) is 5.32 Å². The largest absolute Gasteiger partial charge is 0.545 e. The first kappa shape index (κ1) is 12.0. The maximum atomic E-state index is 11.3. The van der Waals surface area contributed by atoms with E-state index in [1.54, 1.807) is 0 Å². The first-order valence-corrected chi connectivity index (χ1v) is 4.76. The molecule has 1 aromatic carbocycles. The van der Waals surface area contributed by atoms with Gasteiger partial charge in [0.05, 0.1) is 5.97 Å². The highest BCUT2D eigenvalue weighted by molar-refractivity contribution is 6.02. The number of nitrogens with one attached hydrogen (secondary N) is 1. The molecule has 0 spiro atoms. The molecule has 84 valence electrons. The third-order valence-corrected chi connectivity index (χ3v) is 2.02. The number of aryl methyl sites for hydroxylation is 2. The van der Waals surface area contributed by atoms with Crippen molar-refractivity contribution < 1.29 is 14.7 Å². The number of hydrogen-bond acceptors (Lipinski definition) is 3. The maximum Gasteiger partial charge on any atom is 0.248 e. The molecule has 0 radical (unpaired) electrons. The number of carboxylic acid groups (broad SMARTS) is 1. The Bertz CT molecular complexity index is 450. The lowest BCUT2D eigenvalue weighted by molar-refractivity contribution is -0.297. The summed E-state index contributed by atoms with van der Waals surface area (Å²) in [5.74, 6) is -1.88. The Labute approximate surface area is 93.6 Å². The highest BCUT2D eigenvalue weighted by atomic mass is 16.4. The Balaban J connectivity index is 2.77. The average molecular weight is 218 g/mol. The van der Waals surface area contributed by atoms with Gasteiger partial charge in [0.15, 0.2) is 0 Å². The van der Waals surface area contributed by atoms with Crippen LogP contribution in [0.25, 0.3) is 0 Å². The summed E-state index contributed by atoms with van der Waals surface area (Å²) in [6.45, 7) is 3.77. The van der Waals surface area contributed by atoms with Gasteiger partial charge in [-0.1, -0.05) is 12.1 Å². The molecule has 0 aromatic heterocycles. The summed E-state index contributed by atoms with van der Waals surface area (Å²) < 4.78 is 0. The van der Waals surface area contributed by atoms with Crippen molar-refractivity contribution in [3.63, 3.8) is 0 Å². The first-order valence-electron chi connectivity index (χ1n) is 4.76. The smallest absolute Gasteiger partial charge is 0.248 e. The molecule has 0 fully saturated rings. The van der Waals surface area contributed by atoms with Gasteiger partial charge in [0.1, 0.15) is 0 Å². The Morgan fingerprint density at radius 2 is 1.94 bits per heavy atom. The van der Waals surface area contributed by atoms with Gasteiger partial charge in [-0.15, -0.1) is 0 Å². The Kier molecular flexibility index (Phi) is 3.83. The number of carboxylic acids is 1. The fraction of sp³-hybridized carbons (Fsp3) is 0.167. The van der Waals surface area contributed by atoms with Crippen LogP contribution >= 0.6 is 0 Å². The van der Waals surface area contributed by atoms with E-state index in [9.17, 15) is 14.7 Å². The molecule has 0 aliphatic rings. The molecule has 1 aromatic rings. The Hall–Kier alpha value is -2.10. The minimum Gasteiger partial charge on any atom is -0.545 e. The topological polar surface area (TPSA) is 69.2 Å². The first-order chi connectivity index (χ1) is 7.49. The van der Waals surface area contributed by atoms with Gasteiger partial charge in [0.2, 0.25) is 5.91 Å². The Morgan fingerprint density at radius 1 is 1.25 bits per heavy atom. The standard InChI is InChI=1S/C12H13NO3/c1-8-3-4-9(2)10(7-8)13-11(14)5-6-12(15)16/h3-7H,1-2H3,(H,13,14)(H,15,16)/p-1/b6-5-. The molecule has 0 aliphatic carbocycles. The molecular formula is C12H12NO3-. The number of carbonyl (C=O) groups excluding carboxylic acids is 2. The lowest BCUT2D eigenvalue weighted by atomic mass is 10.1. The minimum absolute atomic E-state index is 0.488. The van der Waals surface area contributed by atoms with Crippen molar-refractivity contribution in [3.8, 4) is 0 Å². The van der Waals surface area contributed by atoms with E-state index in [1.165, 1.54) is 0 Å². The predicted octanol–water partition coefficient (Wildman–Crippen LogP) is 0.548. The second-order valence-corrected chi connectivity index (χ2v) is 3.46. The van der Waals surface area contributed by atoms with Crippen LogP contribution in [0.1, 0.15) is 11.1 Å². The van der Waals surface area contributed by atoms with Crippen molar-refractivity contribution in [2.45, 2.75) is 13.8 Å². The molecule has 16 heavy (non-hydrogen) atoms. The van der Waals surface area contributed by atoms with Crippen molar-refractivity contribution in [3.05, 3.63) is 41.5 Å². The number of aliphatic carboxylic acids is 1. The monoisotopic (exact) mass is 218 g/mol. The Morgan fingerprint density at radius 3 is 2.56 bits per heavy atom. The number of benzene rings is 1. The summed E-state index contributed by atoms with van der Waals surface area (Å²) in [4.78, 5) is 21.4. The molecule has 1 amide bonds. The van der Waals surface area contributed by atoms with E-state index in [1.807, 2.05) is 32.0 Å². The van der Waals surface area contributed by atoms with Crippen LogP contribution in [0.2, 0.25) is 0 Å². The van der Waals surface area contributed by atoms with E-state index < -0.39 is 11.9 Å². The number of hydrogen-bond donors (Lipinski definition) is 1. The van der Waals surface area contributed by atoms with Crippen molar-refractivity contribution in [1.82, 2.24) is 0 Å². The van der Waals surface area contributed by atoms with Gasteiger partial charge in [-0.25, -0.2) is 0 Å². The number of amides is 1. The number of rotatable bonds is 3. The molecule has 0 atom stereocenters. The molecule has 4 heteroatoms. The van der Waals surface area contributed by atoms with Gasteiger partial charge in [-0.2, -0.15) is 0 Å². The molecule has 0 aliphatic heterocycles. The van der Waals surface area contributed by atoms with E-state index in [-0.39, 0.29) is 0 Å².